The molecule has 0 amide bonds. The van der Waals surface area contributed by atoms with Crippen molar-refractivity contribution in [3.63, 3.8) is 0 Å². The molecule has 0 radical (unpaired) electrons. The van der Waals surface area contributed by atoms with Crippen LogP contribution in [0.4, 0.5) is 8.78 Å². The number of halogens is 2. The molecule has 0 saturated heterocycles. The average molecular weight is 305 g/mol. The fraction of sp³-hybridized carbons (Fsp3) is 0. The third-order valence-corrected chi connectivity index (χ3v) is 4.81. The summed E-state index contributed by atoms with van der Waals surface area (Å²) >= 11 is 0. The predicted molar refractivity (Wildman–Crippen MR) is 73.6 cm³/mol. The van der Waals surface area contributed by atoms with Gasteiger partial charge in [0.05, 0.1) is 9.79 Å². The molecular formula is C15H9F2NO2S. The van der Waals surface area contributed by atoms with Crippen molar-refractivity contribution in [3.8, 4) is 0 Å². The Balaban J connectivity index is 2.17. The smallest absolute Gasteiger partial charge is 0.208 e. The molecule has 106 valence electrons. The van der Waals surface area contributed by atoms with Crippen LogP contribution in [-0.4, -0.2) is 13.4 Å². The molecule has 3 nitrogen and oxygen atoms in total. The number of para-hydroxylation sites is 1. The average Bonchev–Trinajstić information content (AvgIpc) is 2.47. The number of nitrogens with zero attached hydrogens (tertiary/aromatic N) is 1. The second kappa shape index (κ2) is 4.89. The van der Waals surface area contributed by atoms with Gasteiger partial charge >= 0.3 is 0 Å². The molecule has 1 heterocycles. The number of aromatic nitrogens is 1. The van der Waals surface area contributed by atoms with Gasteiger partial charge in [0.25, 0.3) is 0 Å². The fourth-order valence-corrected chi connectivity index (χ4v) is 3.24. The highest BCUT2D eigenvalue weighted by Crippen LogP contribution is 2.24. The molecule has 1 aromatic heterocycles. The molecule has 2 aromatic carbocycles. The third-order valence-electron chi connectivity index (χ3n) is 3.07. The second-order valence-corrected chi connectivity index (χ2v) is 6.39. The van der Waals surface area contributed by atoms with Crippen molar-refractivity contribution in [2.75, 3.05) is 0 Å². The molecule has 0 bridgehead atoms. The largest absolute Gasteiger partial charge is 0.252 e. The summed E-state index contributed by atoms with van der Waals surface area (Å²) < 4.78 is 51.2. The number of rotatable bonds is 2. The minimum absolute atomic E-state index is 0.0403. The van der Waals surface area contributed by atoms with Gasteiger partial charge < -0.3 is 0 Å². The van der Waals surface area contributed by atoms with Crippen molar-refractivity contribution in [1.29, 1.82) is 0 Å². The van der Waals surface area contributed by atoms with Crippen LogP contribution in [0.25, 0.3) is 10.9 Å². The van der Waals surface area contributed by atoms with E-state index >= 15 is 0 Å². The van der Waals surface area contributed by atoms with Crippen LogP contribution in [0.5, 0.6) is 0 Å². The number of sulfone groups is 1. The molecule has 0 aliphatic carbocycles. The van der Waals surface area contributed by atoms with Crippen LogP contribution >= 0.6 is 0 Å². The lowest BCUT2D eigenvalue weighted by Crippen LogP contribution is -2.03. The summed E-state index contributed by atoms with van der Waals surface area (Å²) in [7, 11) is -3.81. The van der Waals surface area contributed by atoms with Crippen molar-refractivity contribution in [1.82, 2.24) is 4.98 Å². The molecule has 0 N–H and O–H groups in total. The molecule has 3 aromatic rings. The molecule has 0 aliphatic heterocycles. The molecule has 21 heavy (non-hydrogen) atoms. The third kappa shape index (κ3) is 2.38. The zero-order valence-corrected chi connectivity index (χ0v) is 11.4. The van der Waals surface area contributed by atoms with E-state index in [0.29, 0.717) is 5.39 Å². The molecule has 0 atom stereocenters. The minimum Gasteiger partial charge on any atom is -0.252 e. The number of benzene rings is 2. The van der Waals surface area contributed by atoms with E-state index in [9.17, 15) is 17.2 Å². The zero-order valence-electron chi connectivity index (χ0n) is 10.6. The zero-order chi connectivity index (χ0) is 15.0. The highest BCUT2D eigenvalue weighted by atomic mass is 32.2. The standard InChI is InChI=1S/C15H9F2NO2S/c16-11-4-6-12(7-5-11)21(19,20)13-8-10-2-1-3-14(17)15(10)18-9-13/h1-9H. The quantitative estimate of drug-likeness (QED) is 0.682. The van der Waals surface area contributed by atoms with E-state index in [4.69, 9.17) is 0 Å². The van der Waals surface area contributed by atoms with E-state index < -0.39 is 21.5 Å². The van der Waals surface area contributed by atoms with Crippen molar-refractivity contribution in [2.45, 2.75) is 9.79 Å². The van der Waals surface area contributed by atoms with E-state index in [1.54, 1.807) is 6.07 Å². The summed E-state index contributed by atoms with van der Waals surface area (Å²) in [6.07, 6.45) is 1.10. The topological polar surface area (TPSA) is 47.0 Å². The van der Waals surface area contributed by atoms with Gasteiger partial charge in [-0.2, -0.15) is 0 Å². The van der Waals surface area contributed by atoms with Crippen LogP contribution in [0.15, 0.2) is 64.5 Å². The van der Waals surface area contributed by atoms with Gasteiger partial charge in [0.1, 0.15) is 17.2 Å². The van der Waals surface area contributed by atoms with Gasteiger partial charge in [-0.25, -0.2) is 17.2 Å². The van der Waals surface area contributed by atoms with Crippen LogP contribution < -0.4 is 0 Å². The SMILES string of the molecule is O=S(=O)(c1ccc(F)cc1)c1cnc2c(F)cccc2c1. The number of fused-ring (bicyclic) bond motifs is 1. The van der Waals surface area contributed by atoms with Crippen LogP contribution in [0.2, 0.25) is 0 Å². The van der Waals surface area contributed by atoms with Crippen molar-refractivity contribution in [2.24, 2.45) is 0 Å². The summed E-state index contributed by atoms with van der Waals surface area (Å²) in [5.41, 5.74) is 0.107. The highest BCUT2D eigenvalue weighted by molar-refractivity contribution is 7.91. The van der Waals surface area contributed by atoms with Gasteiger partial charge in [-0.3, -0.25) is 4.98 Å². The Hall–Kier alpha value is -2.34. The van der Waals surface area contributed by atoms with Crippen molar-refractivity contribution >= 4 is 20.7 Å². The first kappa shape index (κ1) is 13.6. The van der Waals surface area contributed by atoms with Gasteiger partial charge in [-0.15, -0.1) is 0 Å². The van der Waals surface area contributed by atoms with E-state index in [-0.39, 0.29) is 15.3 Å². The summed E-state index contributed by atoms with van der Waals surface area (Å²) in [6.45, 7) is 0. The molecule has 0 spiro atoms. The predicted octanol–water partition coefficient (Wildman–Crippen LogP) is 3.35. The Morgan fingerprint density at radius 3 is 2.33 bits per heavy atom. The molecule has 3 rings (SSSR count). The number of hydrogen-bond donors (Lipinski definition) is 0. The lowest BCUT2D eigenvalue weighted by atomic mass is 10.2. The lowest BCUT2D eigenvalue weighted by Gasteiger charge is -2.06. The first-order valence-corrected chi connectivity index (χ1v) is 7.52. The van der Waals surface area contributed by atoms with Crippen LogP contribution in [0.3, 0.4) is 0 Å². The van der Waals surface area contributed by atoms with Gasteiger partial charge in [0, 0.05) is 11.6 Å². The van der Waals surface area contributed by atoms with Gasteiger partial charge in [-0.1, -0.05) is 12.1 Å². The number of hydrogen-bond acceptors (Lipinski definition) is 3. The van der Waals surface area contributed by atoms with E-state index in [2.05, 4.69) is 4.98 Å². The molecule has 0 unspecified atom stereocenters. The van der Waals surface area contributed by atoms with Crippen molar-refractivity contribution in [3.05, 3.63) is 66.4 Å². The van der Waals surface area contributed by atoms with Crippen LogP contribution in [-0.2, 0) is 9.84 Å². The van der Waals surface area contributed by atoms with Crippen LogP contribution in [0.1, 0.15) is 0 Å². The fourth-order valence-electron chi connectivity index (χ4n) is 2.00. The van der Waals surface area contributed by atoms with Gasteiger partial charge in [-0.05, 0) is 36.4 Å². The monoisotopic (exact) mass is 305 g/mol. The molecular weight excluding hydrogens is 296 g/mol. The highest BCUT2D eigenvalue weighted by Gasteiger charge is 2.19. The Bertz CT molecular complexity index is 922. The molecule has 0 saturated carbocycles. The first-order chi connectivity index (χ1) is 9.98. The summed E-state index contributed by atoms with van der Waals surface area (Å²) in [5, 5.41) is 0.387. The van der Waals surface area contributed by atoms with Crippen molar-refractivity contribution < 1.29 is 17.2 Å². The molecule has 6 heteroatoms. The van der Waals surface area contributed by atoms with Gasteiger partial charge in [0.15, 0.2) is 0 Å². The lowest BCUT2D eigenvalue weighted by molar-refractivity contribution is 0.594. The maximum absolute atomic E-state index is 13.5. The minimum atomic E-state index is -3.81. The summed E-state index contributed by atoms with van der Waals surface area (Å²) in [5.74, 6) is -1.04. The normalized spacial score (nSPS) is 11.7. The van der Waals surface area contributed by atoms with Crippen LogP contribution in [0, 0.1) is 11.6 Å². The summed E-state index contributed by atoms with van der Waals surface area (Å²) in [4.78, 5) is 3.76. The Morgan fingerprint density at radius 1 is 0.905 bits per heavy atom. The Morgan fingerprint density at radius 2 is 1.62 bits per heavy atom. The first-order valence-electron chi connectivity index (χ1n) is 6.03. The van der Waals surface area contributed by atoms with E-state index in [0.717, 1.165) is 18.3 Å². The Labute approximate surface area is 119 Å². The maximum atomic E-state index is 13.5. The van der Waals surface area contributed by atoms with E-state index in [1.807, 2.05) is 0 Å². The molecule has 0 fully saturated rings. The number of pyridine rings is 1. The summed E-state index contributed by atoms with van der Waals surface area (Å²) in [6, 6.07) is 10.2. The van der Waals surface area contributed by atoms with E-state index in [1.165, 1.54) is 30.3 Å². The van der Waals surface area contributed by atoms with Gasteiger partial charge in [0.2, 0.25) is 9.84 Å². The second-order valence-electron chi connectivity index (χ2n) is 4.44. The molecule has 0 aliphatic rings. The Kier molecular flexibility index (Phi) is 3.17. The maximum Gasteiger partial charge on any atom is 0.208 e.